The van der Waals surface area contributed by atoms with Crippen LogP contribution in [0.3, 0.4) is 0 Å². The molecule has 0 amide bonds. The van der Waals surface area contributed by atoms with E-state index < -0.39 is 0 Å². The third-order valence-corrected chi connectivity index (χ3v) is 3.00. The first kappa shape index (κ1) is 14.8. The minimum atomic E-state index is -0.280. The molecule has 1 N–H and O–H groups in total. The maximum Gasteiger partial charge on any atom is 0.131 e. The van der Waals surface area contributed by atoms with E-state index in [1.165, 1.54) is 12.1 Å². The topological polar surface area (TPSA) is 42.8 Å². The fraction of sp³-hybridized carbons (Fsp3) is 0.188. The summed E-state index contributed by atoms with van der Waals surface area (Å²) in [6.45, 7) is 1.86. The molecule has 0 atom stereocenters. The maximum absolute atomic E-state index is 12.8. The van der Waals surface area contributed by atoms with Crippen LogP contribution in [0, 0.1) is 5.82 Å². The van der Waals surface area contributed by atoms with Crippen LogP contribution in [0.2, 0.25) is 0 Å². The van der Waals surface area contributed by atoms with E-state index in [1.807, 2.05) is 19.1 Å². The van der Waals surface area contributed by atoms with Gasteiger partial charge >= 0.3 is 0 Å². The summed E-state index contributed by atoms with van der Waals surface area (Å²) in [7, 11) is 3.20. The van der Waals surface area contributed by atoms with Gasteiger partial charge in [0.1, 0.15) is 17.3 Å². The Balaban J connectivity index is 2.20. The first-order valence-electron chi connectivity index (χ1n) is 6.42. The summed E-state index contributed by atoms with van der Waals surface area (Å²) in [5.41, 5.74) is 5.20. The third kappa shape index (κ3) is 3.72. The average Bonchev–Trinajstić information content (AvgIpc) is 2.53. The van der Waals surface area contributed by atoms with Gasteiger partial charge in [0.2, 0.25) is 0 Å². The Morgan fingerprint density at radius 3 is 2.38 bits per heavy atom. The number of ether oxygens (including phenoxy) is 2. The van der Waals surface area contributed by atoms with Crippen molar-refractivity contribution in [2.75, 3.05) is 19.6 Å². The van der Waals surface area contributed by atoms with Crippen LogP contribution in [0.15, 0.2) is 47.6 Å². The lowest BCUT2D eigenvalue weighted by Crippen LogP contribution is -2.03. The van der Waals surface area contributed by atoms with Crippen molar-refractivity contribution >= 4 is 11.4 Å². The Labute approximate surface area is 123 Å². The molecule has 0 bridgehead atoms. The van der Waals surface area contributed by atoms with Crippen molar-refractivity contribution in [3.63, 3.8) is 0 Å². The molecular formula is C16H17FN2O2. The summed E-state index contributed by atoms with van der Waals surface area (Å²) in [6.07, 6.45) is 0. The number of anilines is 1. The molecular weight excluding hydrogens is 271 g/mol. The van der Waals surface area contributed by atoms with Crippen LogP contribution in [-0.4, -0.2) is 19.9 Å². The molecule has 21 heavy (non-hydrogen) atoms. The number of hydrogen-bond acceptors (Lipinski definition) is 4. The van der Waals surface area contributed by atoms with E-state index in [1.54, 1.807) is 32.4 Å². The van der Waals surface area contributed by atoms with Crippen LogP contribution < -0.4 is 14.9 Å². The Morgan fingerprint density at radius 2 is 1.76 bits per heavy atom. The minimum Gasteiger partial charge on any atom is -0.497 e. The number of halogens is 1. The van der Waals surface area contributed by atoms with Crippen molar-refractivity contribution in [2.24, 2.45) is 5.10 Å². The van der Waals surface area contributed by atoms with Gasteiger partial charge in [-0.05, 0) is 43.3 Å². The summed E-state index contributed by atoms with van der Waals surface area (Å²) in [4.78, 5) is 0. The number of hydrogen-bond donors (Lipinski definition) is 1. The zero-order valence-electron chi connectivity index (χ0n) is 12.2. The molecule has 0 aliphatic carbocycles. The molecule has 2 rings (SSSR count). The van der Waals surface area contributed by atoms with E-state index in [0.29, 0.717) is 11.4 Å². The van der Waals surface area contributed by atoms with Crippen LogP contribution in [0.25, 0.3) is 0 Å². The number of nitrogens with one attached hydrogen (secondary N) is 1. The van der Waals surface area contributed by atoms with Gasteiger partial charge in [-0.1, -0.05) is 0 Å². The predicted molar refractivity (Wildman–Crippen MR) is 81.8 cm³/mol. The lowest BCUT2D eigenvalue weighted by atomic mass is 10.1. The van der Waals surface area contributed by atoms with Gasteiger partial charge < -0.3 is 9.47 Å². The highest BCUT2D eigenvalue weighted by atomic mass is 19.1. The lowest BCUT2D eigenvalue weighted by Gasteiger charge is -2.10. The molecule has 0 heterocycles. The Hall–Kier alpha value is -2.56. The van der Waals surface area contributed by atoms with Crippen LogP contribution in [0.5, 0.6) is 11.5 Å². The third-order valence-electron chi connectivity index (χ3n) is 3.00. The lowest BCUT2D eigenvalue weighted by molar-refractivity contribution is 0.394. The molecule has 110 valence electrons. The number of hydrazone groups is 1. The molecule has 0 fully saturated rings. The molecule has 0 unspecified atom stereocenters. The van der Waals surface area contributed by atoms with Crippen LogP contribution >= 0.6 is 0 Å². The summed E-state index contributed by atoms with van der Waals surface area (Å²) < 4.78 is 23.3. The molecule has 0 aromatic heterocycles. The smallest absolute Gasteiger partial charge is 0.131 e. The number of methoxy groups -OCH3 is 2. The van der Waals surface area contributed by atoms with Crippen molar-refractivity contribution in [3.8, 4) is 11.5 Å². The molecule has 2 aromatic carbocycles. The minimum absolute atomic E-state index is 0.280. The van der Waals surface area contributed by atoms with E-state index in [-0.39, 0.29) is 5.82 Å². The summed E-state index contributed by atoms with van der Waals surface area (Å²) in [5.74, 6) is 1.12. The zero-order valence-corrected chi connectivity index (χ0v) is 12.2. The van der Waals surface area contributed by atoms with Crippen molar-refractivity contribution in [3.05, 3.63) is 53.8 Å². The van der Waals surface area contributed by atoms with Crippen molar-refractivity contribution < 1.29 is 13.9 Å². The normalized spacial score (nSPS) is 11.1. The van der Waals surface area contributed by atoms with Crippen LogP contribution in [0.4, 0.5) is 10.1 Å². The highest BCUT2D eigenvalue weighted by molar-refractivity contribution is 6.01. The molecule has 0 saturated heterocycles. The van der Waals surface area contributed by atoms with E-state index in [9.17, 15) is 4.39 Å². The fourth-order valence-electron chi connectivity index (χ4n) is 1.83. The average molecular weight is 288 g/mol. The van der Waals surface area contributed by atoms with Crippen LogP contribution in [0.1, 0.15) is 12.5 Å². The molecule has 5 heteroatoms. The summed E-state index contributed by atoms with van der Waals surface area (Å²) >= 11 is 0. The van der Waals surface area contributed by atoms with Crippen molar-refractivity contribution in [1.82, 2.24) is 0 Å². The highest BCUT2D eigenvalue weighted by Gasteiger charge is 2.08. The monoisotopic (exact) mass is 288 g/mol. The first-order valence-corrected chi connectivity index (χ1v) is 6.42. The quantitative estimate of drug-likeness (QED) is 0.674. The maximum atomic E-state index is 12.8. The van der Waals surface area contributed by atoms with E-state index in [4.69, 9.17) is 9.47 Å². The number of rotatable bonds is 5. The van der Waals surface area contributed by atoms with Gasteiger partial charge in [-0.15, -0.1) is 0 Å². The molecule has 4 nitrogen and oxygen atoms in total. The Bertz CT molecular complexity index is 639. The van der Waals surface area contributed by atoms with Crippen molar-refractivity contribution in [1.29, 1.82) is 0 Å². The molecule has 0 aliphatic heterocycles. The molecule has 0 saturated carbocycles. The fourth-order valence-corrected chi connectivity index (χ4v) is 1.83. The van der Waals surface area contributed by atoms with Gasteiger partial charge in [0.15, 0.2) is 0 Å². The summed E-state index contributed by atoms with van der Waals surface area (Å²) in [6, 6.07) is 11.5. The standard InChI is InChI=1S/C16H17FN2O2/c1-11(18-19-13-6-4-12(17)5-7-13)15-9-8-14(20-2)10-16(15)21-3/h4-10,19H,1-3H3/b18-11-. The molecule has 2 aromatic rings. The molecule has 0 spiro atoms. The first-order chi connectivity index (χ1) is 10.1. The largest absolute Gasteiger partial charge is 0.497 e. The Kier molecular flexibility index (Phi) is 4.77. The van der Waals surface area contributed by atoms with Gasteiger partial charge in [-0.2, -0.15) is 5.10 Å². The zero-order chi connectivity index (χ0) is 15.2. The van der Waals surface area contributed by atoms with E-state index in [2.05, 4.69) is 10.5 Å². The number of benzene rings is 2. The highest BCUT2D eigenvalue weighted by Crippen LogP contribution is 2.25. The second-order valence-corrected chi connectivity index (χ2v) is 4.38. The molecule has 0 radical (unpaired) electrons. The van der Waals surface area contributed by atoms with Crippen molar-refractivity contribution in [2.45, 2.75) is 6.92 Å². The Morgan fingerprint density at radius 1 is 1.05 bits per heavy atom. The van der Waals surface area contributed by atoms with Gasteiger partial charge in [0, 0.05) is 11.6 Å². The van der Waals surface area contributed by atoms with Gasteiger partial charge in [-0.3, -0.25) is 5.43 Å². The van der Waals surface area contributed by atoms with E-state index >= 15 is 0 Å². The summed E-state index contributed by atoms with van der Waals surface area (Å²) in [5, 5.41) is 4.28. The van der Waals surface area contributed by atoms with Gasteiger partial charge in [-0.25, -0.2) is 4.39 Å². The second kappa shape index (κ2) is 6.74. The molecule has 0 aliphatic rings. The SMILES string of the molecule is COc1ccc(/C(C)=N\Nc2ccc(F)cc2)c(OC)c1. The van der Waals surface area contributed by atoms with Crippen LogP contribution in [-0.2, 0) is 0 Å². The van der Waals surface area contributed by atoms with E-state index in [0.717, 1.165) is 17.0 Å². The predicted octanol–water partition coefficient (Wildman–Crippen LogP) is 3.68. The van der Waals surface area contributed by atoms with Gasteiger partial charge in [0.25, 0.3) is 0 Å². The number of nitrogens with zero attached hydrogens (tertiary/aromatic N) is 1. The second-order valence-electron chi connectivity index (χ2n) is 4.38. The van der Waals surface area contributed by atoms with Gasteiger partial charge in [0.05, 0.1) is 25.6 Å².